The SMILES string of the molecule is C[C@]1(c2nc(N)nc(N)n2)C[C@@H]2C=C[C@H]1C2. The molecule has 1 saturated carbocycles. The van der Waals surface area contributed by atoms with Crippen molar-refractivity contribution in [3.8, 4) is 0 Å². The van der Waals surface area contributed by atoms with Gasteiger partial charge in [0.15, 0.2) is 0 Å². The first-order valence-electron chi connectivity index (χ1n) is 5.54. The van der Waals surface area contributed by atoms with E-state index in [0.29, 0.717) is 11.8 Å². The maximum absolute atomic E-state index is 5.62. The lowest BCUT2D eigenvalue weighted by atomic mass is 9.77. The molecule has 1 heterocycles. The van der Waals surface area contributed by atoms with Crippen LogP contribution in [0.4, 0.5) is 11.9 Å². The number of hydrogen-bond acceptors (Lipinski definition) is 5. The van der Waals surface area contributed by atoms with Crippen LogP contribution in [0.5, 0.6) is 0 Å². The summed E-state index contributed by atoms with van der Waals surface area (Å²) in [4.78, 5) is 12.3. The number of hydrogen-bond donors (Lipinski definition) is 2. The zero-order chi connectivity index (χ0) is 11.3. The first-order valence-corrected chi connectivity index (χ1v) is 5.54. The van der Waals surface area contributed by atoms with Gasteiger partial charge in [-0.05, 0) is 24.7 Å². The predicted octanol–water partition coefficient (Wildman–Crippen LogP) is 0.890. The van der Waals surface area contributed by atoms with Gasteiger partial charge in [0.1, 0.15) is 5.82 Å². The van der Waals surface area contributed by atoms with Crippen molar-refractivity contribution < 1.29 is 0 Å². The monoisotopic (exact) mass is 217 g/mol. The van der Waals surface area contributed by atoms with Gasteiger partial charge in [0.2, 0.25) is 11.9 Å². The first-order chi connectivity index (χ1) is 7.58. The molecule has 1 aromatic heterocycles. The van der Waals surface area contributed by atoms with Gasteiger partial charge in [-0.2, -0.15) is 15.0 Å². The third kappa shape index (κ3) is 1.20. The van der Waals surface area contributed by atoms with Crippen molar-refractivity contribution >= 4 is 11.9 Å². The minimum absolute atomic E-state index is 0.0232. The van der Waals surface area contributed by atoms with Gasteiger partial charge >= 0.3 is 0 Å². The van der Waals surface area contributed by atoms with Crippen LogP contribution >= 0.6 is 0 Å². The summed E-state index contributed by atoms with van der Waals surface area (Å²) in [7, 11) is 0. The Hall–Kier alpha value is -1.65. The van der Waals surface area contributed by atoms with Crippen molar-refractivity contribution in [1.82, 2.24) is 15.0 Å². The highest BCUT2D eigenvalue weighted by molar-refractivity contribution is 5.32. The highest BCUT2D eigenvalue weighted by atomic mass is 15.1. The van der Waals surface area contributed by atoms with Gasteiger partial charge in [-0.3, -0.25) is 0 Å². The van der Waals surface area contributed by atoms with E-state index in [1.807, 2.05) is 0 Å². The van der Waals surface area contributed by atoms with E-state index in [1.165, 1.54) is 6.42 Å². The Morgan fingerprint density at radius 3 is 2.38 bits per heavy atom. The van der Waals surface area contributed by atoms with Crippen LogP contribution in [-0.4, -0.2) is 15.0 Å². The molecule has 3 rings (SSSR count). The van der Waals surface area contributed by atoms with Crippen LogP contribution in [0.25, 0.3) is 0 Å². The molecule has 84 valence electrons. The molecule has 0 aliphatic heterocycles. The molecule has 0 spiro atoms. The normalized spacial score (nSPS) is 35.8. The molecule has 0 saturated heterocycles. The van der Waals surface area contributed by atoms with Crippen LogP contribution < -0.4 is 11.5 Å². The molecular formula is C11H15N5. The Labute approximate surface area is 94.0 Å². The molecule has 1 aromatic rings. The molecule has 0 unspecified atom stereocenters. The third-order valence-corrected chi connectivity index (χ3v) is 3.86. The quantitative estimate of drug-likeness (QED) is 0.682. The summed E-state index contributed by atoms with van der Waals surface area (Å²) in [5.41, 5.74) is 11.2. The van der Waals surface area contributed by atoms with E-state index in [4.69, 9.17) is 11.5 Å². The summed E-state index contributed by atoms with van der Waals surface area (Å²) < 4.78 is 0. The van der Waals surface area contributed by atoms with Crippen LogP contribution in [0.15, 0.2) is 12.2 Å². The Balaban J connectivity index is 2.06. The predicted molar refractivity (Wildman–Crippen MR) is 61.4 cm³/mol. The summed E-state index contributed by atoms with van der Waals surface area (Å²) in [6, 6.07) is 0. The minimum Gasteiger partial charge on any atom is -0.368 e. The number of nitrogen functional groups attached to an aromatic ring is 2. The molecular weight excluding hydrogens is 202 g/mol. The van der Waals surface area contributed by atoms with Gasteiger partial charge in [-0.1, -0.05) is 19.1 Å². The van der Waals surface area contributed by atoms with Gasteiger partial charge in [-0.15, -0.1) is 0 Å². The standard InChI is InChI=1S/C11H15N5/c1-11(5-6-2-3-7(11)4-6)8-14-9(12)16-10(13)15-8/h2-3,6-7H,4-5H2,1H3,(H4,12,13,14,15,16)/t6-,7+,11+/m1/s1. The highest BCUT2D eigenvalue weighted by Crippen LogP contribution is 2.52. The van der Waals surface area contributed by atoms with E-state index < -0.39 is 0 Å². The van der Waals surface area contributed by atoms with E-state index in [0.717, 1.165) is 12.2 Å². The summed E-state index contributed by atoms with van der Waals surface area (Å²) in [6.07, 6.45) is 6.84. The number of aromatic nitrogens is 3. The number of anilines is 2. The Morgan fingerprint density at radius 2 is 1.88 bits per heavy atom. The number of fused-ring (bicyclic) bond motifs is 2. The second kappa shape index (κ2) is 2.93. The smallest absolute Gasteiger partial charge is 0.225 e. The lowest BCUT2D eigenvalue weighted by Gasteiger charge is -2.29. The second-order valence-electron chi connectivity index (χ2n) is 4.98. The van der Waals surface area contributed by atoms with Gasteiger partial charge in [0, 0.05) is 5.41 Å². The zero-order valence-electron chi connectivity index (χ0n) is 9.22. The van der Waals surface area contributed by atoms with Crippen molar-refractivity contribution in [3.63, 3.8) is 0 Å². The molecule has 1 fully saturated rings. The largest absolute Gasteiger partial charge is 0.368 e. The molecule has 2 aliphatic rings. The molecule has 4 N–H and O–H groups in total. The Kier molecular flexibility index (Phi) is 1.75. The molecule has 2 bridgehead atoms. The number of rotatable bonds is 1. The van der Waals surface area contributed by atoms with Crippen LogP contribution in [0, 0.1) is 11.8 Å². The Morgan fingerprint density at radius 1 is 1.19 bits per heavy atom. The number of nitrogens with two attached hydrogens (primary N) is 2. The number of allylic oxidation sites excluding steroid dienone is 2. The molecule has 0 amide bonds. The van der Waals surface area contributed by atoms with Crippen LogP contribution in [0.1, 0.15) is 25.6 Å². The topological polar surface area (TPSA) is 90.7 Å². The van der Waals surface area contributed by atoms with Crippen LogP contribution in [0.2, 0.25) is 0 Å². The van der Waals surface area contributed by atoms with Crippen molar-refractivity contribution in [1.29, 1.82) is 0 Å². The van der Waals surface area contributed by atoms with Gasteiger partial charge in [0.25, 0.3) is 0 Å². The van der Waals surface area contributed by atoms with Gasteiger partial charge in [-0.25, -0.2) is 0 Å². The van der Waals surface area contributed by atoms with Crippen LogP contribution in [0.3, 0.4) is 0 Å². The second-order valence-corrected chi connectivity index (χ2v) is 4.98. The van der Waals surface area contributed by atoms with Gasteiger partial charge < -0.3 is 11.5 Å². The first kappa shape index (κ1) is 9.57. The Bertz CT molecular complexity index is 449. The summed E-state index contributed by atoms with van der Waals surface area (Å²) >= 11 is 0. The van der Waals surface area contributed by atoms with Crippen molar-refractivity contribution in [2.75, 3.05) is 11.5 Å². The van der Waals surface area contributed by atoms with Crippen molar-refractivity contribution in [2.24, 2.45) is 11.8 Å². The van der Waals surface area contributed by atoms with Crippen molar-refractivity contribution in [2.45, 2.75) is 25.2 Å². The number of nitrogens with zero attached hydrogens (tertiary/aromatic N) is 3. The average molecular weight is 217 g/mol. The minimum atomic E-state index is -0.0232. The maximum atomic E-state index is 5.62. The molecule has 5 heteroatoms. The average Bonchev–Trinajstić information content (AvgIpc) is 2.76. The molecule has 5 nitrogen and oxygen atoms in total. The zero-order valence-corrected chi connectivity index (χ0v) is 9.22. The molecule has 3 atom stereocenters. The molecule has 2 aliphatic carbocycles. The van der Waals surface area contributed by atoms with E-state index >= 15 is 0 Å². The fourth-order valence-corrected chi connectivity index (χ4v) is 3.02. The fraction of sp³-hybridized carbons (Fsp3) is 0.545. The summed E-state index contributed by atoms with van der Waals surface area (Å²) in [6.45, 7) is 2.19. The van der Waals surface area contributed by atoms with Crippen molar-refractivity contribution in [3.05, 3.63) is 18.0 Å². The molecule has 0 radical (unpaired) electrons. The van der Waals surface area contributed by atoms with E-state index in [-0.39, 0.29) is 17.3 Å². The highest BCUT2D eigenvalue weighted by Gasteiger charge is 2.48. The molecule has 16 heavy (non-hydrogen) atoms. The van der Waals surface area contributed by atoms with Gasteiger partial charge in [0.05, 0.1) is 0 Å². The van der Waals surface area contributed by atoms with E-state index in [2.05, 4.69) is 34.0 Å². The van der Waals surface area contributed by atoms with E-state index in [1.54, 1.807) is 0 Å². The van der Waals surface area contributed by atoms with E-state index in [9.17, 15) is 0 Å². The fourth-order valence-electron chi connectivity index (χ4n) is 3.02. The van der Waals surface area contributed by atoms with Crippen LogP contribution in [-0.2, 0) is 5.41 Å². The summed E-state index contributed by atoms with van der Waals surface area (Å²) in [5.74, 6) is 2.35. The summed E-state index contributed by atoms with van der Waals surface area (Å²) in [5, 5.41) is 0. The molecule has 0 aromatic carbocycles. The third-order valence-electron chi connectivity index (χ3n) is 3.86. The maximum Gasteiger partial charge on any atom is 0.225 e. The lowest BCUT2D eigenvalue weighted by Crippen LogP contribution is -2.30. The lowest BCUT2D eigenvalue weighted by molar-refractivity contribution is 0.372.